The van der Waals surface area contributed by atoms with Gasteiger partial charge in [-0.3, -0.25) is 9.59 Å². The first kappa shape index (κ1) is 18.5. The Morgan fingerprint density at radius 2 is 1.68 bits per heavy atom. The zero-order chi connectivity index (χ0) is 19.7. The number of rotatable bonds is 2. The van der Waals surface area contributed by atoms with Crippen LogP contribution >= 0.6 is 0 Å². The van der Waals surface area contributed by atoms with Crippen molar-refractivity contribution in [3.63, 3.8) is 0 Å². The molecule has 2 aliphatic heterocycles. The summed E-state index contributed by atoms with van der Waals surface area (Å²) in [5.41, 5.74) is 1.47. The molecule has 2 saturated heterocycles. The van der Waals surface area contributed by atoms with E-state index < -0.39 is 0 Å². The molecule has 2 aromatic rings. The molecule has 2 fully saturated rings. The Labute approximate surface area is 165 Å². The summed E-state index contributed by atoms with van der Waals surface area (Å²) in [6.45, 7) is 2.04. The van der Waals surface area contributed by atoms with Gasteiger partial charge in [0.1, 0.15) is 5.75 Å². The number of carbonyl (C=O) groups excluding carboxylic acids is 2. The second-order valence-electron chi connectivity index (χ2n) is 8.17. The summed E-state index contributed by atoms with van der Waals surface area (Å²) in [4.78, 5) is 29.3. The van der Waals surface area contributed by atoms with E-state index in [0.29, 0.717) is 18.7 Å². The number of likely N-dealkylation sites (N-methyl/N-ethyl adjacent to an activating group) is 1. The average molecular weight is 378 g/mol. The molecule has 2 amide bonds. The van der Waals surface area contributed by atoms with Crippen LogP contribution in [0.2, 0.25) is 0 Å². The van der Waals surface area contributed by atoms with Crippen LogP contribution in [0.3, 0.4) is 0 Å². The van der Waals surface area contributed by atoms with Crippen molar-refractivity contribution in [1.82, 2.24) is 9.80 Å². The van der Waals surface area contributed by atoms with E-state index in [2.05, 4.69) is 0 Å². The lowest BCUT2D eigenvalue weighted by atomic mass is 9.67. The van der Waals surface area contributed by atoms with Crippen molar-refractivity contribution in [1.29, 1.82) is 0 Å². The molecule has 0 aliphatic carbocycles. The number of piperidine rings is 2. The molecule has 5 heteroatoms. The third-order valence-electron chi connectivity index (χ3n) is 6.33. The number of aromatic hydroxyl groups is 1. The maximum absolute atomic E-state index is 12.8. The van der Waals surface area contributed by atoms with Gasteiger partial charge in [-0.2, -0.15) is 0 Å². The lowest BCUT2D eigenvalue weighted by Crippen LogP contribution is -2.53. The first-order valence-corrected chi connectivity index (χ1v) is 9.86. The van der Waals surface area contributed by atoms with E-state index in [4.69, 9.17) is 0 Å². The zero-order valence-electron chi connectivity index (χ0n) is 16.2. The van der Waals surface area contributed by atoms with Crippen LogP contribution in [0.5, 0.6) is 5.75 Å². The van der Waals surface area contributed by atoms with Gasteiger partial charge in [-0.25, -0.2) is 0 Å². The number of para-hydroxylation sites is 1. The summed E-state index contributed by atoms with van der Waals surface area (Å²) in [6, 6.07) is 16.7. The standard InChI is InChI=1S/C23H26N2O3/c1-24-16-23(15-19(21(24)27)17-7-3-2-4-8-17)11-13-25(14-12-23)22(28)18-9-5-6-10-20(18)26/h2-10,19,26H,11-16H2,1H3/t19-/m1/s1. The average Bonchev–Trinajstić information content (AvgIpc) is 2.72. The van der Waals surface area contributed by atoms with E-state index in [9.17, 15) is 14.7 Å². The normalized spacial score (nSPS) is 21.8. The molecule has 1 N–H and O–H groups in total. The van der Waals surface area contributed by atoms with Crippen LogP contribution in [0.1, 0.15) is 41.1 Å². The molecule has 146 valence electrons. The summed E-state index contributed by atoms with van der Waals surface area (Å²) in [7, 11) is 1.89. The van der Waals surface area contributed by atoms with Gasteiger partial charge in [0.15, 0.2) is 0 Å². The monoisotopic (exact) mass is 378 g/mol. The Bertz CT molecular complexity index is 872. The maximum atomic E-state index is 12.8. The van der Waals surface area contributed by atoms with Gasteiger partial charge >= 0.3 is 0 Å². The van der Waals surface area contributed by atoms with E-state index >= 15 is 0 Å². The number of likely N-dealkylation sites (tertiary alicyclic amines) is 2. The molecule has 5 nitrogen and oxygen atoms in total. The molecule has 28 heavy (non-hydrogen) atoms. The van der Waals surface area contributed by atoms with Crippen LogP contribution < -0.4 is 0 Å². The van der Waals surface area contributed by atoms with Crippen molar-refractivity contribution in [2.45, 2.75) is 25.2 Å². The van der Waals surface area contributed by atoms with Gasteiger partial charge in [0.25, 0.3) is 5.91 Å². The van der Waals surface area contributed by atoms with Crippen molar-refractivity contribution in [3.8, 4) is 5.75 Å². The first-order chi connectivity index (χ1) is 13.5. The maximum Gasteiger partial charge on any atom is 0.257 e. The van der Waals surface area contributed by atoms with Crippen molar-refractivity contribution in [2.75, 3.05) is 26.7 Å². The van der Waals surface area contributed by atoms with E-state index in [0.717, 1.165) is 31.4 Å². The second kappa shape index (κ2) is 7.30. The van der Waals surface area contributed by atoms with Crippen LogP contribution in [0.4, 0.5) is 0 Å². The van der Waals surface area contributed by atoms with Crippen LogP contribution in [0.15, 0.2) is 54.6 Å². The highest BCUT2D eigenvalue weighted by Crippen LogP contribution is 2.45. The second-order valence-corrected chi connectivity index (χ2v) is 8.17. The number of benzene rings is 2. The Kier molecular flexibility index (Phi) is 4.84. The van der Waals surface area contributed by atoms with E-state index in [1.807, 2.05) is 47.2 Å². The highest BCUT2D eigenvalue weighted by Gasteiger charge is 2.45. The molecule has 0 unspecified atom stereocenters. The largest absolute Gasteiger partial charge is 0.507 e. The Balaban J connectivity index is 1.49. The molecule has 1 atom stereocenters. The van der Waals surface area contributed by atoms with Gasteiger partial charge in [0.05, 0.1) is 11.5 Å². The minimum atomic E-state index is -0.118. The molecule has 2 heterocycles. The fourth-order valence-electron chi connectivity index (χ4n) is 4.75. The molecule has 0 bridgehead atoms. The third-order valence-corrected chi connectivity index (χ3v) is 6.33. The molecule has 1 spiro atoms. The minimum Gasteiger partial charge on any atom is -0.507 e. The highest BCUT2D eigenvalue weighted by molar-refractivity contribution is 5.96. The van der Waals surface area contributed by atoms with Crippen LogP contribution in [0.25, 0.3) is 0 Å². The van der Waals surface area contributed by atoms with Crippen molar-refractivity contribution in [2.24, 2.45) is 5.41 Å². The van der Waals surface area contributed by atoms with Gasteiger partial charge in [-0.1, -0.05) is 42.5 Å². The molecule has 0 saturated carbocycles. The molecule has 4 rings (SSSR count). The number of carbonyl (C=O) groups is 2. The fraction of sp³-hybridized carbons (Fsp3) is 0.391. The Morgan fingerprint density at radius 3 is 2.36 bits per heavy atom. The third kappa shape index (κ3) is 3.37. The minimum absolute atomic E-state index is 0.0277. The van der Waals surface area contributed by atoms with E-state index in [-0.39, 0.29) is 28.9 Å². The lowest BCUT2D eigenvalue weighted by Gasteiger charge is -2.49. The van der Waals surface area contributed by atoms with Gasteiger partial charge in [0.2, 0.25) is 5.91 Å². The molecule has 0 radical (unpaired) electrons. The number of phenolic OH excluding ortho intramolecular Hbond substituents is 1. The zero-order valence-corrected chi connectivity index (χ0v) is 16.2. The summed E-state index contributed by atoms with van der Waals surface area (Å²) >= 11 is 0. The predicted octanol–water partition coefficient (Wildman–Crippen LogP) is 3.26. The van der Waals surface area contributed by atoms with Crippen molar-refractivity contribution < 1.29 is 14.7 Å². The van der Waals surface area contributed by atoms with Crippen LogP contribution in [0, 0.1) is 5.41 Å². The Morgan fingerprint density at radius 1 is 1.04 bits per heavy atom. The molecule has 0 aromatic heterocycles. The van der Waals surface area contributed by atoms with Crippen LogP contribution in [-0.2, 0) is 4.79 Å². The first-order valence-electron chi connectivity index (χ1n) is 9.86. The quantitative estimate of drug-likeness (QED) is 0.873. The number of phenols is 1. The molecule has 2 aromatic carbocycles. The smallest absolute Gasteiger partial charge is 0.257 e. The summed E-state index contributed by atoms with van der Waals surface area (Å²) in [6.07, 6.45) is 2.57. The number of nitrogens with zero attached hydrogens (tertiary/aromatic N) is 2. The number of hydrogen-bond donors (Lipinski definition) is 1. The number of hydrogen-bond acceptors (Lipinski definition) is 3. The van der Waals surface area contributed by atoms with Gasteiger partial charge in [0, 0.05) is 26.7 Å². The lowest BCUT2D eigenvalue weighted by molar-refractivity contribution is -0.139. The van der Waals surface area contributed by atoms with Crippen molar-refractivity contribution in [3.05, 3.63) is 65.7 Å². The van der Waals surface area contributed by atoms with E-state index in [1.54, 1.807) is 24.3 Å². The van der Waals surface area contributed by atoms with Gasteiger partial charge in [-0.15, -0.1) is 0 Å². The summed E-state index contributed by atoms with van der Waals surface area (Å²) in [5.74, 6) is -0.0161. The highest BCUT2D eigenvalue weighted by atomic mass is 16.3. The Hall–Kier alpha value is -2.82. The molecular formula is C23H26N2O3. The topological polar surface area (TPSA) is 60.9 Å². The van der Waals surface area contributed by atoms with E-state index in [1.165, 1.54) is 0 Å². The van der Waals surface area contributed by atoms with Gasteiger partial charge in [-0.05, 0) is 42.4 Å². The fourth-order valence-corrected chi connectivity index (χ4v) is 4.75. The van der Waals surface area contributed by atoms with Crippen molar-refractivity contribution >= 4 is 11.8 Å². The molecule has 2 aliphatic rings. The van der Waals surface area contributed by atoms with Crippen LogP contribution in [-0.4, -0.2) is 53.4 Å². The number of amides is 2. The summed E-state index contributed by atoms with van der Waals surface area (Å²) < 4.78 is 0. The molecular weight excluding hydrogens is 352 g/mol. The predicted molar refractivity (Wildman–Crippen MR) is 107 cm³/mol. The SMILES string of the molecule is CN1CC2(CCN(C(=O)c3ccccc3O)CC2)C[C@H](c2ccccc2)C1=O. The summed E-state index contributed by atoms with van der Waals surface area (Å²) in [5, 5.41) is 9.99. The van der Waals surface area contributed by atoms with Gasteiger partial charge < -0.3 is 14.9 Å².